The predicted molar refractivity (Wildman–Crippen MR) is 49.0 cm³/mol. The van der Waals surface area contributed by atoms with E-state index in [-0.39, 0.29) is 0 Å². The predicted octanol–water partition coefficient (Wildman–Crippen LogP) is 1.60. The second kappa shape index (κ2) is 2.90. The van der Waals surface area contributed by atoms with Gasteiger partial charge in [0.15, 0.2) is 0 Å². The summed E-state index contributed by atoms with van der Waals surface area (Å²) in [6.45, 7) is 1.09. The summed E-state index contributed by atoms with van der Waals surface area (Å²) in [5, 5.41) is 2.44. The van der Waals surface area contributed by atoms with Gasteiger partial charge in [-0.15, -0.1) is 0 Å². The first-order valence-corrected chi connectivity index (χ1v) is 4.19. The van der Waals surface area contributed by atoms with Crippen LogP contribution in [0.1, 0.15) is 21.5 Å². The first kappa shape index (κ1) is 8.87. The molecule has 1 heterocycles. The Morgan fingerprint density at radius 2 is 2.07 bits per heavy atom. The fourth-order valence-corrected chi connectivity index (χ4v) is 1.54. The standard InChI is InChI=1S/C10H8FNO2/c1-5-6(4-11)2-3-7-8(5)12-10(14)9(7)13/h2-3H,4H2,1H3,(H,12,13,14). The van der Waals surface area contributed by atoms with Crippen LogP contribution < -0.4 is 5.32 Å². The van der Waals surface area contributed by atoms with E-state index in [0.29, 0.717) is 22.4 Å². The van der Waals surface area contributed by atoms with E-state index in [0.717, 1.165) is 0 Å². The normalized spacial score (nSPS) is 14.1. The number of carbonyl (C=O) groups excluding carboxylic acids is 2. The number of fused-ring (bicyclic) bond motifs is 1. The zero-order valence-corrected chi connectivity index (χ0v) is 7.56. The van der Waals surface area contributed by atoms with Crippen LogP contribution in [0.25, 0.3) is 0 Å². The van der Waals surface area contributed by atoms with Gasteiger partial charge in [0.2, 0.25) is 0 Å². The Bertz CT molecular complexity index is 440. The van der Waals surface area contributed by atoms with Crippen LogP contribution in [0.3, 0.4) is 0 Å². The number of halogens is 1. The lowest BCUT2D eigenvalue weighted by molar-refractivity contribution is -0.112. The van der Waals surface area contributed by atoms with Gasteiger partial charge in [-0.05, 0) is 24.1 Å². The number of Topliss-reactive ketones (excluding diaryl/α,β-unsaturated/α-hetero) is 1. The monoisotopic (exact) mass is 193 g/mol. The lowest BCUT2D eigenvalue weighted by atomic mass is 10.0. The van der Waals surface area contributed by atoms with Crippen molar-refractivity contribution in [3.63, 3.8) is 0 Å². The molecule has 1 aliphatic heterocycles. The number of nitrogens with one attached hydrogen (secondary N) is 1. The molecule has 0 saturated heterocycles. The summed E-state index contributed by atoms with van der Waals surface area (Å²) in [6.07, 6.45) is 0. The zero-order chi connectivity index (χ0) is 10.3. The van der Waals surface area contributed by atoms with Crippen molar-refractivity contribution in [2.24, 2.45) is 0 Å². The summed E-state index contributed by atoms with van der Waals surface area (Å²) < 4.78 is 12.5. The Labute approximate surface area is 79.9 Å². The minimum atomic E-state index is -0.640. The molecule has 1 N–H and O–H groups in total. The summed E-state index contributed by atoms with van der Waals surface area (Å²) in [6, 6.07) is 3.02. The van der Waals surface area contributed by atoms with Gasteiger partial charge >= 0.3 is 0 Å². The first-order valence-electron chi connectivity index (χ1n) is 4.19. The maximum absolute atomic E-state index is 12.5. The second-order valence-corrected chi connectivity index (χ2v) is 3.19. The maximum Gasteiger partial charge on any atom is 0.296 e. The van der Waals surface area contributed by atoms with Crippen LogP contribution in [0.5, 0.6) is 0 Å². The smallest absolute Gasteiger partial charge is 0.296 e. The van der Waals surface area contributed by atoms with Crippen molar-refractivity contribution >= 4 is 17.4 Å². The van der Waals surface area contributed by atoms with Gasteiger partial charge in [-0.1, -0.05) is 6.07 Å². The second-order valence-electron chi connectivity index (χ2n) is 3.19. The van der Waals surface area contributed by atoms with Crippen LogP contribution in [0.2, 0.25) is 0 Å². The van der Waals surface area contributed by atoms with E-state index in [2.05, 4.69) is 5.32 Å². The van der Waals surface area contributed by atoms with Gasteiger partial charge in [0.05, 0.1) is 11.3 Å². The van der Waals surface area contributed by atoms with Crippen molar-refractivity contribution in [2.75, 3.05) is 5.32 Å². The summed E-state index contributed by atoms with van der Waals surface area (Å²) in [4.78, 5) is 22.3. The molecule has 14 heavy (non-hydrogen) atoms. The van der Waals surface area contributed by atoms with Gasteiger partial charge in [0.25, 0.3) is 11.7 Å². The van der Waals surface area contributed by atoms with Crippen LogP contribution in [-0.2, 0) is 11.5 Å². The van der Waals surface area contributed by atoms with E-state index in [9.17, 15) is 14.0 Å². The highest BCUT2D eigenvalue weighted by Gasteiger charge is 2.29. The molecular weight excluding hydrogens is 185 g/mol. The Morgan fingerprint density at radius 1 is 1.36 bits per heavy atom. The Hall–Kier alpha value is -1.71. The topological polar surface area (TPSA) is 46.2 Å². The molecule has 0 unspecified atom stereocenters. The third-order valence-electron chi connectivity index (χ3n) is 2.41. The van der Waals surface area contributed by atoms with Crippen LogP contribution in [0.4, 0.5) is 10.1 Å². The minimum Gasteiger partial charge on any atom is -0.318 e. The number of hydrogen-bond acceptors (Lipinski definition) is 2. The lowest BCUT2D eigenvalue weighted by Crippen LogP contribution is -2.12. The van der Waals surface area contributed by atoms with E-state index < -0.39 is 18.4 Å². The van der Waals surface area contributed by atoms with E-state index >= 15 is 0 Å². The van der Waals surface area contributed by atoms with Crippen molar-refractivity contribution in [3.8, 4) is 0 Å². The third kappa shape index (κ3) is 1.04. The minimum absolute atomic E-state index is 0.338. The van der Waals surface area contributed by atoms with Gasteiger partial charge in [0, 0.05) is 0 Å². The molecule has 1 amide bonds. The number of ketones is 1. The highest BCUT2D eigenvalue weighted by Crippen LogP contribution is 2.29. The lowest BCUT2D eigenvalue weighted by Gasteiger charge is -2.05. The van der Waals surface area contributed by atoms with Gasteiger partial charge in [-0.25, -0.2) is 4.39 Å². The van der Waals surface area contributed by atoms with Gasteiger partial charge in [-0.3, -0.25) is 9.59 Å². The van der Waals surface area contributed by atoms with Crippen LogP contribution in [0, 0.1) is 6.92 Å². The zero-order valence-electron chi connectivity index (χ0n) is 7.56. The van der Waals surface area contributed by atoms with Crippen LogP contribution >= 0.6 is 0 Å². The molecular formula is C10H8FNO2. The summed E-state index contributed by atoms with van der Waals surface area (Å²) in [7, 11) is 0. The van der Waals surface area contributed by atoms with E-state index in [1.54, 1.807) is 6.92 Å². The highest BCUT2D eigenvalue weighted by atomic mass is 19.1. The van der Waals surface area contributed by atoms with Crippen molar-refractivity contribution in [1.29, 1.82) is 0 Å². The van der Waals surface area contributed by atoms with Crippen molar-refractivity contribution < 1.29 is 14.0 Å². The van der Waals surface area contributed by atoms with Crippen LogP contribution in [-0.4, -0.2) is 11.7 Å². The molecule has 0 spiro atoms. The number of amides is 1. The summed E-state index contributed by atoms with van der Waals surface area (Å²) >= 11 is 0. The number of anilines is 1. The number of hydrogen-bond donors (Lipinski definition) is 1. The number of benzene rings is 1. The van der Waals surface area contributed by atoms with E-state index in [1.807, 2.05) is 0 Å². The number of carbonyl (C=O) groups is 2. The molecule has 1 aliphatic rings. The molecule has 1 aromatic carbocycles. The summed E-state index contributed by atoms with van der Waals surface area (Å²) in [5.41, 5.74) is 1.92. The van der Waals surface area contributed by atoms with E-state index in [1.165, 1.54) is 12.1 Å². The average molecular weight is 193 g/mol. The largest absolute Gasteiger partial charge is 0.318 e. The number of alkyl halides is 1. The van der Waals surface area contributed by atoms with E-state index in [4.69, 9.17) is 0 Å². The molecule has 2 rings (SSSR count). The van der Waals surface area contributed by atoms with Gasteiger partial charge in [0.1, 0.15) is 6.67 Å². The molecule has 0 atom stereocenters. The SMILES string of the molecule is Cc1c(CF)ccc2c1NC(=O)C2=O. The molecule has 0 radical (unpaired) electrons. The van der Waals surface area contributed by atoms with Crippen molar-refractivity contribution in [3.05, 3.63) is 28.8 Å². The molecule has 4 heteroatoms. The number of rotatable bonds is 1. The first-order chi connectivity index (χ1) is 6.65. The van der Waals surface area contributed by atoms with Crippen LogP contribution in [0.15, 0.2) is 12.1 Å². The fourth-order valence-electron chi connectivity index (χ4n) is 1.54. The van der Waals surface area contributed by atoms with Gasteiger partial charge in [-0.2, -0.15) is 0 Å². The molecule has 0 aliphatic carbocycles. The maximum atomic E-state index is 12.5. The van der Waals surface area contributed by atoms with Crippen molar-refractivity contribution in [2.45, 2.75) is 13.6 Å². The molecule has 72 valence electrons. The molecule has 0 saturated carbocycles. The van der Waals surface area contributed by atoms with Gasteiger partial charge < -0.3 is 5.32 Å². The quantitative estimate of drug-likeness (QED) is 0.688. The fraction of sp³-hybridized carbons (Fsp3) is 0.200. The molecule has 0 fully saturated rings. The molecule has 0 aromatic heterocycles. The molecule has 0 bridgehead atoms. The van der Waals surface area contributed by atoms with Crippen molar-refractivity contribution in [1.82, 2.24) is 0 Å². The Morgan fingerprint density at radius 3 is 2.71 bits per heavy atom. The Kier molecular flexibility index (Phi) is 1.84. The molecule has 3 nitrogen and oxygen atoms in total. The Balaban J connectivity index is 2.63. The average Bonchev–Trinajstić information content (AvgIpc) is 2.46. The highest BCUT2D eigenvalue weighted by molar-refractivity contribution is 6.51. The third-order valence-corrected chi connectivity index (χ3v) is 2.41. The molecule has 1 aromatic rings. The summed E-state index contributed by atoms with van der Waals surface area (Å²) in [5.74, 6) is -1.19.